The van der Waals surface area contributed by atoms with Crippen LogP contribution in [0.25, 0.3) is 10.9 Å². The molecule has 1 aromatic carbocycles. The second kappa shape index (κ2) is 10.6. The summed E-state index contributed by atoms with van der Waals surface area (Å²) >= 11 is 0. The Morgan fingerprint density at radius 3 is 2.31 bits per heavy atom. The number of rotatable bonds is 9. The van der Waals surface area contributed by atoms with Crippen molar-refractivity contribution in [3.63, 3.8) is 0 Å². The van der Waals surface area contributed by atoms with Gasteiger partial charge in [-0.25, -0.2) is 0 Å². The number of aromatic amines is 1. The maximum atomic E-state index is 12.6. The van der Waals surface area contributed by atoms with Gasteiger partial charge < -0.3 is 19.6 Å². The summed E-state index contributed by atoms with van der Waals surface area (Å²) in [4.78, 5) is 15.3. The molecule has 0 atom stereocenters. The molecule has 29 heavy (non-hydrogen) atoms. The molecule has 1 heterocycles. The van der Waals surface area contributed by atoms with Crippen molar-refractivity contribution >= 4 is 10.9 Å². The van der Waals surface area contributed by atoms with Crippen LogP contribution in [0.1, 0.15) is 47.5 Å². The second-order valence-corrected chi connectivity index (χ2v) is 7.62. The number of hydrogen-bond acceptors (Lipinski definition) is 4. The first-order valence-electron chi connectivity index (χ1n) is 9.85. The van der Waals surface area contributed by atoms with Crippen LogP contribution >= 0.6 is 0 Å². The molecule has 1 aromatic heterocycles. The van der Waals surface area contributed by atoms with E-state index < -0.39 is 0 Å². The Morgan fingerprint density at radius 1 is 0.966 bits per heavy atom. The lowest BCUT2D eigenvalue weighted by molar-refractivity contribution is 0.306. The topological polar surface area (TPSA) is 71.5 Å². The molecular weight excluding hydrogens is 366 g/mol. The number of H-pyrrole nitrogens is 1. The van der Waals surface area contributed by atoms with Crippen LogP contribution in [0.5, 0.6) is 17.2 Å². The lowest BCUT2D eigenvalue weighted by Crippen LogP contribution is -2.14. The molecule has 0 saturated carbocycles. The summed E-state index contributed by atoms with van der Waals surface area (Å²) in [7, 11) is 0. The van der Waals surface area contributed by atoms with Crippen molar-refractivity contribution in [1.82, 2.24) is 4.98 Å². The van der Waals surface area contributed by atoms with Crippen molar-refractivity contribution < 1.29 is 14.6 Å². The van der Waals surface area contributed by atoms with Crippen LogP contribution in [-0.2, 0) is 0 Å². The molecule has 0 radical (unpaired) electrons. The molecule has 2 N–H and O–H groups in total. The van der Waals surface area contributed by atoms with Gasteiger partial charge in [-0.1, -0.05) is 22.8 Å². The van der Waals surface area contributed by atoms with E-state index in [9.17, 15) is 9.90 Å². The van der Waals surface area contributed by atoms with E-state index in [2.05, 4.69) is 31.8 Å². The Morgan fingerprint density at radius 2 is 1.62 bits per heavy atom. The van der Waals surface area contributed by atoms with Crippen molar-refractivity contribution in [3.05, 3.63) is 63.5 Å². The minimum absolute atomic E-state index is 0.0762. The fraction of sp³-hybridized carbons (Fsp3) is 0.375. The van der Waals surface area contributed by atoms with Crippen LogP contribution in [0, 0.1) is 0 Å². The number of ether oxygens (including phenoxy) is 2. The molecule has 0 unspecified atom stereocenters. The van der Waals surface area contributed by atoms with Crippen molar-refractivity contribution in [1.29, 1.82) is 0 Å². The van der Waals surface area contributed by atoms with Crippen LogP contribution in [0.2, 0.25) is 0 Å². The number of aromatic nitrogens is 1. The number of hydrogen-bond donors (Lipinski definition) is 2. The highest BCUT2D eigenvalue weighted by Crippen LogP contribution is 2.33. The second-order valence-electron chi connectivity index (χ2n) is 7.62. The Labute approximate surface area is 172 Å². The highest BCUT2D eigenvalue weighted by molar-refractivity contribution is 5.88. The minimum Gasteiger partial charge on any atom is -0.508 e. The third-order valence-electron chi connectivity index (χ3n) is 4.38. The largest absolute Gasteiger partial charge is 0.508 e. The zero-order chi connectivity index (χ0) is 21.4. The van der Waals surface area contributed by atoms with E-state index in [0.29, 0.717) is 23.3 Å². The maximum Gasteiger partial charge on any atom is 0.294 e. The van der Waals surface area contributed by atoms with Crippen LogP contribution in [-0.4, -0.2) is 23.3 Å². The van der Waals surface area contributed by atoms with E-state index in [1.54, 1.807) is 12.1 Å². The molecule has 5 heteroatoms. The molecule has 2 rings (SSSR count). The molecule has 0 aliphatic carbocycles. The first-order valence-corrected chi connectivity index (χ1v) is 9.85. The number of phenols is 1. The van der Waals surface area contributed by atoms with Crippen molar-refractivity contribution in [2.75, 3.05) is 13.2 Å². The van der Waals surface area contributed by atoms with Gasteiger partial charge in [-0.15, -0.1) is 0 Å². The zero-order valence-electron chi connectivity index (χ0n) is 18.0. The summed E-state index contributed by atoms with van der Waals surface area (Å²) in [5.41, 5.74) is 3.75. The third kappa shape index (κ3) is 6.86. The van der Waals surface area contributed by atoms with Gasteiger partial charge in [0, 0.05) is 11.5 Å². The third-order valence-corrected chi connectivity index (χ3v) is 4.38. The van der Waals surface area contributed by atoms with Crippen molar-refractivity contribution in [3.8, 4) is 17.2 Å². The van der Waals surface area contributed by atoms with Gasteiger partial charge in [0.15, 0.2) is 5.75 Å². The molecule has 0 fully saturated rings. The lowest BCUT2D eigenvalue weighted by atomic mass is 10.1. The van der Waals surface area contributed by atoms with Crippen molar-refractivity contribution in [2.24, 2.45) is 0 Å². The van der Waals surface area contributed by atoms with Crippen molar-refractivity contribution in [2.45, 2.75) is 47.5 Å². The van der Waals surface area contributed by atoms with E-state index in [1.807, 2.05) is 26.0 Å². The monoisotopic (exact) mass is 397 g/mol. The molecule has 5 nitrogen and oxygen atoms in total. The summed E-state index contributed by atoms with van der Waals surface area (Å²) in [5.74, 6) is 0.614. The Hall–Kier alpha value is -2.95. The van der Waals surface area contributed by atoms with E-state index in [1.165, 1.54) is 17.2 Å². The molecule has 0 bridgehead atoms. The van der Waals surface area contributed by atoms with Gasteiger partial charge in [-0.3, -0.25) is 4.79 Å². The number of pyridine rings is 1. The maximum absolute atomic E-state index is 12.6. The highest BCUT2D eigenvalue weighted by Gasteiger charge is 2.16. The molecular formula is C24H31NO4. The first-order chi connectivity index (χ1) is 13.8. The smallest absolute Gasteiger partial charge is 0.294 e. The van der Waals surface area contributed by atoms with Gasteiger partial charge in [0.25, 0.3) is 5.56 Å². The predicted molar refractivity (Wildman–Crippen MR) is 119 cm³/mol. The number of fused-ring (bicyclic) bond motifs is 1. The Bertz CT molecular complexity index is 988. The standard InChI is InChI=1S/C24H31NO4/c1-16(2)7-6-8-18(5)12-14-28-22-20-10-9-19(26)15-21(20)25-24(27)23(22)29-13-11-17(3)4/h7,9-12,15,26H,6,8,13-14H2,1-5H3,(H,25,27)/b18-12+. The number of nitrogens with one attached hydrogen (secondary N) is 1. The summed E-state index contributed by atoms with van der Waals surface area (Å²) in [6.45, 7) is 10.8. The van der Waals surface area contributed by atoms with Gasteiger partial charge >= 0.3 is 0 Å². The summed E-state index contributed by atoms with van der Waals surface area (Å²) < 4.78 is 11.7. The minimum atomic E-state index is -0.385. The van der Waals surface area contributed by atoms with Crippen LogP contribution in [0.4, 0.5) is 0 Å². The molecule has 0 aliphatic rings. The van der Waals surface area contributed by atoms with Gasteiger partial charge in [-0.2, -0.15) is 0 Å². The van der Waals surface area contributed by atoms with E-state index >= 15 is 0 Å². The molecule has 2 aromatic rings. The lowest BCUT2D eigenvalue weighted by Gasteiger charge is -2.13. The molecule has 156 valence electrons. The number of phenolic OH excluding ortho intramolecular Hbond substituents is 1. The quantitative estimate of drug-likeness (QED) is 0.536. The SMILES string of the molecule is CC(C)=CCC/C(C)=C/COc1c(OCC=C(C)C)c(=O)[nH]c2cc(O)ccc12. The molecule has 0 spiro atoms. The predicted octanol–water partition coefficient (Wildman–Crippen LogP) is 5.65. The first kappa shape index (κ1) is 22.3. The Balaban J connectivity index is 2.29. The number of benzene rings is 1. The summed E-state index contributed by atoms with van der Waals surface area (Å²) in [6.07, 6.45) is 8.09. The zero-order valence-corrected chi connectivity index (χ0v) is 18.0. The summed E-state index contributed by atoms with van der Waals surface area (Å²) in [6, 6.07) is 4.78. The Kier molecular flexibility index (Phi) is 8.13. The van der Waals surface area contributed by atoms with Gasteiger partial charge in [-0.05, 0) is 71.7 Å². The van der Waals surface area contributed by atoms with Crippen LogP contribution in [0.3, 0.4) is 0 Å². The molecule has 0 saturated heterocycles. The number of aromatic hydroxyl groups is 1. The highest BCUT2D eigenvalue weighted by atomic mass is 16.5. The fourth-order valence-corrected chi connectivity index (χ4v) is 2.76. The average molecular weight is 398 g/mol. The van der Waals surface area contributed by atoms with Gasteiger partial charge in [0.05, 0.1) is 5.52 Å². The van der Waals surface area contributed by atoms with E-state index in [-0.39, 0.29) is 23.7 Å². The van der Waals surface area contributed by atoms with E-state index in [4.69, 9.17) is 9.47 Å². The normalized spacial score (nSPS) is 11.3. The average Bonchev–Trinajstić information content (AvgIpc) is 2.62. The van der Waals surface area contributed by atoms with Gasteiger partial charge in [0.1, 0.15) is 19.0 Å². The van der Waals surface area contributed by atoms with Crippen LogP contribution < -0.4 is 15.0 Å². The fourth-order valence-electron chi connectivity index (χ4n) is 2.76. The van der Waals surface area contributed by atoms with Crippen LogP contribution in [0.15, 0.2) is 57.9 Å². The van der Waals surface area contributed by atoms with Gasteiger partial charge in [0.2, 0.25) is 5.75 Å². The summed E-state index contributed by atoms with van der Waals surface area (Å²) in [5, 5.41) is 10.4. The molecule has 0 aliphatic heterocycles. The number of allylic oxidation sites excluding steroid dienone is 4. The van der Waals surface area contributed by atoms with E-state index in [0.717, 1.165) is 18.4 Å². The molecule has 0 amide bonds.